The molecule has 27 heavy (non-hydrogen) atoms. The van der Waals surface area contributed by atoms with E-state index in [0.29, 0.717) is 12.0 Å². The van der Waals surface area contributed by atoms with Gasteiger partial charge in [0.1, 0.15) is 5.82 Å². The van der Waals surface area contributed by atoms with E-state index < -0.39 is 0 Å². The van der Waals surface area contributed by atoms with Gasteiger partial charge in [-0.1, -0.05) is 12.1 Å². The molecule has 0 spiro atoms. The first-order valence-electron chi connectivity index (χ1n) is 9.13. The molecule has 0 bridgehead atoms. The zero-order valence-corrected chi connectivity index (χ0v) is 16.1. The van der Waals surface area contributed by atoms with E-state index in [2.05, 4.69) is 26.8 Å². The quantitative estimate of drug-likeness (QED) is 0.571. The van der Waals surface area contributed by atoms with Gasteiger partial charge in [0.25, 0.3) is 5.69 Å². The maximum atomic E-state index is 10.8. The van der Waals surface area contributed by atoms with E-state index in [1.54, 1.807) is 18.3 Å². The van der Waals surface area contributed by atoms with E-state index in [1.165, 1.54) is 0 Å². The second-order valence-electron chi connectivity index (χ2n) is 7.17. The Morgan fingerprint density at radius 1 is 1.22 bits per heavy atom. The molecule has 0 saturated carbocycles. The number of piperidine rings is 1. The predicted octanol–water partition coefficient (Wildman–Crippen LogP) is 2.55. The van der Waals surface area contributed by atoms with E-state index in [0.717, 1.165) is 43.9 Å². The van der Waals surface area contributed by atoms with Gasteiger partial charge < -0.3 is 9.80 Å². The summed E-state index contributed by atoms with van der Waals surface area (Å²) in [5, 5.41) is 10.8. The Hall–Kier alpha value is -2.74. The third kappa shape index (κ3) is 4.71. The summed E-state index contributed by atoms with van der Waals surface area (Å²) in [5.74, 6) is 1.63. The first-order valence-corrected chi connectivity index (χ1v) is 9.13. The molecule has 1 aromatic heterocycles. The van der Waals surface area contributed by atoms with Crippen LogP contribution < -0.4 is 9.80 Å². The molecule has 2 aromatic rings. The van der Waals surface area contributed by atoms with E-state index >= 15 is 0 Å². The van der Waals surface area contributed by atoms with Crippen molar-refractivity contribution < 1.29 is 4.92 Å². The van der Waals surface area contributed by atoms with Gasteiger partial charge in [-0.15, -0.1) is 0 Å². The summed E-state index contributed by atoms with van der Waals surface area (Å²) >= 11 is 0. The maximum Gasteiger partial charge on any atom is 0.269 e. The molecule has 1 aliphatic rings. The van der Waals surface area contributed by atoms with Gasteiger partial charge in [0.15, 0.2) is 0 Å². The molecule has 1 unspecified atom stereocenters. The summed E-state index contributed by atoms with van der Waals surface area (Å²) in [4.78, 5) is 25.9. The molecule has 1 fully saturated rings. The molecule has 2 heterocycles. The molecule has 0 amide bonds. The highest BCUT2D eigenvalue weighted by atomic mass is 16.6. The minimum Gasteiger partial charge on any atom is -0.355 e. The number of rotatable bonds is 6. The smallest absolute Gasteiger partial charge is 0.269 e. The Morgan fingerprint density at radius 2 is 1.96 bits per heavy atom. The lowest BCUT2D eigenvalue weighted by molar-refractivity contribution is -0.384. The summed E-state index contributed by atoms with van der Waals surface area (Å²) < 4.78 is 0. The van der Waals surface area contributed by atoms with Gasteiger partial charge in [-0.05, 0) is 31.0 Å². The second-order valence-corrected chi connectivity index (χ2v) is 7.17. The molecule has 1 aliphatic heterocycles. The van der Waals surface area contributed by atoms with Gasteiger partial charge in [-0.2, -0.15) is 4.98 Å². The van der Waals surface area contributed by atoms with Crippen molar-refractivity contribution in [3.05, 3.63) is 52.2 Å². The summed E-state index contributed by atoms with van der Waals surface area (Å²) in [7, 11) is 5.96. The number of hydrogen-bond acceptors (Lipinski definition) is 7. The third-order valence-corrected chi connectivity index (χ3v) is 4.97. The van der Waals surface area contributed by atoms with E-state index in [-0.39, 0.29) is 10.6 Å². The number of nitro benzene ring substituents is 1. The molecular weight excluding hydrogens is 344 g/mol. The number of nitro groups is 1. The van der Waals surface area contributed by atoms with Gasteiger partial charge in [0, 0.05) is 58.6 Å². The van der Waals surface area contributed by atoms with Crippen LogP contribution in [-0.4, -0.2) is 60.1 Å². The molecule has 1 atom stereocenters. The monoisotopic (exact) mass is 370 g/mol. The average molecular weight is 370 g/mol. The van der Waals surface area contributed by atoms with Crippen LogP contribution >= 0.6 is 0 Å². The number of likely N-dealkylation sites (tertiary alicyclic amines) is 1. The SMILES string of the molecule is CN(C)c1nccc(N(C)C2CCCN(Cc3ccc([N+](=O)[O-])cc3)C2)n1. The van der Waals surface area contributed by atoms with Crippen LogP contribution in [0, 0.1) is 10.1 Å². The molecule has 8 nitrogen and oxygen atoms in total. The highest BCUT2D eigenvalue weighted by Gasteiger charge is 2.24. The minimum atomic E-state index is -0.362. The minimum absolute atomic E-state index is 0.135. The lowest BCUT2D eigenvalue weighted by atomic mass is 10.0. The van der Waals surface area contributed by atoms with E-state index in [9.17, 15) is 10.1 Å². The summed E-state index contributed by atoms with van der Waals surface area (Å²) in [5.41, 5.74) is 1.23. The van der Waals surface area contributed by atoms with Gasteiger partial charge >= 0.3 is 0 Å². The Bertz CT molecular complexity index is 780. The van der Waals surface area contributed by atoms with Crippen LogP contribution in [0.2, 0.25) is 0 Å². The van der Waals surface area contributed by atoms with Crippen molar-refractivity contribution in [2.45, 2.75) is 25.4 Å². The third-order valence-electron chi connectivity index (χ3n) is 4.97. The van der Waals surface area contributed by atoms with Crippen molar-refractivity contribution in [1.29, 1.82) is 0 Å². The number of anilines is 2. The van der Waals surface area contributed by atoms with Crippen molar-refractivity contribution in [1.82, 2.24) is 14.9 Å². The van der Waals surface area contributed by atoms with Gasteiger partial charge in [0.2, 0.25) is 5.95 Å². The number of nitrogens with zero attached hydrogens (tertiary/aromatic N) is 6. The van der Waals surface area contributed by atoms with Crippen molar-refractivity contribution in [2.24, 2.45) is 0 Å². The van der Waals surface area contributed by atoms with Crippen LogP contribution in [0.5, 0.6) is 0 Å². The number of aromatic nitrogens is 2. The first-order chi connectivity index (χ1) is 12.9. The normalized spacial score (nSPS) is 17.5. The fraction of sp³-hybridized carbons (Fsp3) is 0.474. The second kappa shape index (κ2) is 8.30. The zero-order chi connectivity index (χ0) is 19.4. The van der Waals surface area contributed by atoms with E-state index in [1.807, 2.05) is 37.2 Å². The van der Waals surface area contributed by atoms with E-state index in [4.69, 9.17) is 0 Å². The van der Waals surface area contributed by atoms with Crippen LogP contribution in [0.3, 0.4) is 0 Å². The lowest BCUT2D eigenvalue weighted by Gasteiger charge is -2.38. The van der Waals surface area contributed by atoms with Crippen LogP contribution in [0.4, 0.5) is 17.5 Å². The summed E-state index contributed by atoms with van der Waals surface area (Å²) in [6, 6.07) is 9.17. The van der Waals surface area contributed by atoms with Crippen LogP contribution in [0.1, 0.15) is 18.4 Å². The van der Waals surface area contributed by atoms with Crippen molar-refractivity contribution in [3.63, 3.8) is 0 Å². The molecule has 3 rings (SSSR count). The van der Waals surface area contributed by atoms with Crippen LogP contribution in [-0.2, 0) is 6.54 Å². The molecule has 1 aromatic carbocycles. The van der Waals surface area contributed by atoms with Crippen molar-refractivity contribution >= 4 is 17.5 Å². The first kappa shape index (κ1) is 19.0. The van der Waals surface area contributed by atoms with Crippen molar-refractivity contribution in [3.8, 4) is 0 Å². The Morgan fingerprint density at radius 3 is 2.63 bits per heavy atom. The van der Waals surface area contributed by atoms with Gasteiger partial charge in [-0.3, -0.25) is 15.0 Å². The highest BCUT2D eigenvalue weighted by molar-refractivity contribution is 5.43. The predicted molar refractivity (Wildman–Crippen MR) is 106 cm³/mol. The Labute approximate surface area is 159 Å². The van der Waals surface area contributed by atoms with Gasteiger partial charge in [0.05, 0.1) is 4.92 Å². The van der Waals surface area contributed by atoms with Crippen molar-refractivity contribution in [2.75, 3.05) is 44.0 Å². The summed E-state index contributed by atoms with van der Waals surface area (Å²) in [6.07, 6.45) is 4.04. The largest absolute Gasteiger partial charge is 0.355 e. The fourth-order valence-corrected chi connectivity index (χ4v) is 3.41. The fourth-order valence-electron chi connectivity index (χ4n) is 3.41. The number of non-ortho nitro benzene ring substituents is 1. The number of likely N-dealkylation sites (N-methyl/N-ethyl adjacent to an activating group) is 1. The van der Waals surface area contributed by atoms with Crippen LogP contribution in [0.15, 0.2) is 36.5 Å². The standard InChI is InChI=1S/C19H26N6O2/c1-22(2)19-20-11-10-18(21-19)23(3)17-5-4-12-24(14-17)13-15-6-8-16(9-7-15)25(26)27/h6-11,17H,4-5,12-14H2,1-3H3. The molecule has 0 aliphatic carbocycles. The molecule has 0 N–H and O–H groups in total. The Balaban J connectivity index is 1.65. The molecule has 8 heteroatoms. The maximum absolute atomic E-state index is 10.8. The molecule has 144 valence electrons. The highest BCUT2D eigenvalue weighted by Crippen LogP contribution is 2.22. The molecular formula is C19H26N6O2. The molecule has 1 saturated heterocycles. The zero-order valence-electron chi connectivity index (χ0n) is 16.1. The Kier molecular flexibility index (Phi) is 5.85. The average Bonchev–Trinajstić information content (AvgIpc) is 2.68. The number of benzene rings is 1. The molecule has 0 radical (unpaired) electrons. The summed E-state index contributed by atoms with van der Waals surface area (Å²) in [6.45, 7) is 2.78. The number of hydrogen-bond donors (Lipinski definition) is 0. The lowest BCUT2D eigenvalue weighted by Crippen LogP contribution is -2.46. The van der Waals surface area contributed by atoms with Crippen LogP contribution in [0.25, 0.3) is 0 Å². The topological polar surface area (TPSA) is 78.6 Å². The van der Waals surface area contributed by atoms with Gasteiger partial charge in [-0.25, -0.2) is 4.98 Å².